The highest BCUT2D eigenvalue weighted by Gasteiger charge is 2.29. The van der Waals surface area contributed by atoms with Crippen LogP contribution >= 0.6 is 0 Å². The van der Waals surface area contributed by atoms with Crippen molar-refractivity contribution >= 4 is 5.97 Å². The minimum atomic E-state index is -0.796. The summed E-state index contributed by atoms with van der Waals surface area (Å²) in [5.74, 6) is -0.796. The molecule has 1 aliphatic heterocycles. The topological polar surface area (TPSA) is 49.8 Å². The van der Waals surface area contributed by atoms with Crippen molar-refractivity contribution in [3.05, 3.63) is 35.4 Å². The summed E-state index contributed by atoms with van der Waals surface area (Å²) in [6.45, 7) is 8.99. The second-order valence-corrected chi connectivity index (χ2v) is 6.26. The number of carboxylic acid groups (broad SMARTS) is 1. The number of ether oxygens (including phenoxy) is 1. The summed E-state index contributed by atoms with van der Waals surface area (Å²) in [6.07, 6.45) is 0. The van der Waals surface area contributed by atoms with E-state index in [4.69, 9.17) is 4.74 Å². The quantitative estimate of drug-likeness (QED) is 0.922. The molecule has 110 valence electrons. The predicted molar refractivity (Wildman–Crippen MR) is 77.9 cm³/mol. The molecule has 20 heavy (non-hydrogen) atoms. The standard InChI is InChI=1S/C16H23NO3/c1-16(2,3)13-6-4-12(5-7-13)14(15(18)19)17-8-10-20-11-9-17/h4-7,14H,8-11H2,1-3H3,(H,18,19). The van der Waals surface area contributed by atoms with Crippen LogP contribution in [0.25, 0.3) is 0 Å². The van der Waals surface area contributed by atoms with Crippen molar-refractivity contribution in [2.75, 3.05) is 26.3 Å². The normalized spacial score (nSPS) is 18.8. The zero-order valence-corrected chi connectivity index (χ0v) is 12.4. The number of hydrogen-bond donors (Lipinski definition) is 1. The lowest BCUT2D eigenvalue weighted by Crippen LogP contribution is -2.42. The number of hydrogen-bond acceptors (Lipinski definition) is 3. The molecule has 0 aromatic heterocycles. The maximum Gasteiger partial charge on any atom is 0.325 e. The van der Waals surface area contributed by atoms with Gasteiger partial charge in [0.25, 0.3) is 0 Å². The fourth-order valence-electron chi connectivity index (χ4n) is 2.51. The number of nitrogens with zero attached hydrogens (tertiary/aromatic N) is 1. The molecular formula is C16H23NO3. The van der Waals surface area contributed by atoms with Crippen LogP contribution in [0, 0.1) is 0 Å². The molecule has 1 heterocycles. The molecule has 2 rings (SSSR count). The molecule has 1 saturated heterocycles. The van der Waals surface area contributed by atoms with Gasteiger partial charge in [0.2, 0.25) is 0 Å². The third kappa shape index (κ3) is 3.38. The van der Waals surface area contributed by atoms with Crippen LogP contribution in [0.5, 0.6) is 0 Å². The summed E-state index contributed by atoms with van der Waals surface area (Å²) < 4.78 is 5.29. The van der Waals surface area contributed by atoms with E-state index in [-0.39, 0.29) is 5.41 Å². The molecule has 1 aromatic rings. The maximum absolute atomic E-state index is 11.6. The highest BCUT2D eigenvalue weighted by Crippen LogP contribution is 2.27. The predicted octanol–water partition coefficient (Wildman–Crippen LogP) is 2.44. The highest BCUT2D eigenvalue weighted by molar-refractivity contribution is 5.75. The molecule has 0 radical (unpaired) electrons. The van der Waals surface area contributed by atoms with Crippen LogP contribution in [0.2, 0.25) is 0 Å². The van der Waals surface area contributed by atoms with Gasteiger partial charge in [-0.2, -0.15) is 0 Å². The molecule has 0 spiro atoms. The molecule has 0 saturated carbocycles. The molecule has 0 bridgehead atoms. The number of rotatable bonds is 3. The average molecular weight is 277 g/mol. The Balaban J connectivity index is 2.23. The molecule has 1 N–H and O–H groups in total. The van der Waals surface area contributed by atoms with Gasteiger partial charge in [-0.05, 0) is 16.5 Å². The van der Waals surface area contributed by atoms with Crippen LogP contribution in [0.15, 0.2) is 24.3 Å². The first-order chi connectivity index (χ1) is 9.39. The first-order valence-electron chi connectivity index (χ1n) is 7.04. The van der Waals surface area contributed by atoms with E-state index >= 15 is 0 Å². The Morgan fingerprint density at radius 2 is 1.75 bits per heavy atom. The minimum absolute atomic E-state index is 0.0796. The SMILES string of the molecule is CC(C)(C)c1ccc(C(C(=O)O)N2CCOCC2)cc1. The average Bonchev–Trinajstić information content (AvgIpc) is 2.39. The Bertz CT molecular complexity index is 456. The lowest BCUT2D eigenvalue weighted by molar-refractivity contribution is -0.145. The van der Waals surface area contributed by atoms with E-state index in [2.05, 4.69) is 20.8 Å². The van der Waals surface area contributed by atoms with Crippen molar-refractivity contribution in [2.45, 2.75) is 32.2 Å². The monoisotopic (exact) mass is 277 g/mol. The van der Waals surface area contributed by atoms with Crippen molar-refractivity contribution in [3.63, 3.8) is 0 Å². The molecule has 0 aliphatic carbocycles. The first kappa shape index (κ1) is 15.0. The zero-order valence-electron chi connectivity index (χ0n) is 12.4. The molecular weight excluding hydrogens is 254 g/mol. The maximum atomic E-state index is 11.6. The fraction of sp³-hybridized carbons (Fsp3) is 0.562. The lowest BCUT2D eigenvalue weighted by atomic mass is 9.86. The highest BCUT2D eigenvalue weighted by atomic mass is 16.5. The molecule has 4 nitrogen and oxygen atoms in total. The fourth-order valence-corrected chi connectivity index (χ4v) is 2.51. The first-order valence-corrected chi connectivity index (χ1v) is 7.04. The van der Waals surface area contributed by atoms with Crippen molar-refractivity contribution < 1.29 is 14.6 Å². The van der Waals surface area contributed by atoms with Gasteiger partial charge in [-0.3, -0.25) is 9.69 Å². The molecule has 1 aliphatic rings. The number of aliphatic carboxylic acids is 1. The third-order valence-corrected chi connectivity index (χ3v) is 3.74. The van der Waals surface area contributed by atoms with Gasteiger partial charge >= 0.3 is 5.97 Å². The Morgan fingerprint density at radius 1 is 1.20 bits per heavy atom. The van der Waals surface area contributed by atoms with Crippen molar-refractivity contribution in [1.29, 1.82) is 0 Å². The molecule has 1 atom stereocenters. The van der Waals surface area contributed by atoms with Gasteiger partial charge in [-0.1, -0.05) is 45.0 Å². The van der Waals surface area contributed by atoms with Crippen LogP contribution < -0.4 is 0 Å². The number of carbonyl (C=O) groups is 1. The number of morpholine rings is 1. The van der Waals surface area contributed by atoms with E-state index in [1.54, 1.807) is 0 Å². The van der Waals surface area contributed by atoms with Crippen LogP contribution in [0.3, 0.4) is 0 Å². The molecule has 1 aromatic carbocycles. The van der Waals surface area contributed by atoms with E-state index in [1.165, 1.54) is 5.56 Å². The van der Waals surface area contributed by atoms with E-state index in [9.17, 15) is 9.90 Å². The minimum Gasteiger partial charge on any atom is -0.480 e. The Labute approximate surface area is 120 Å². The Hall–Kier alpha value is -1.39. The zero-order chi connectivity index (χ0) is 14.8. The van der Waals surface area contributed by atoms with E-state index in [0.29, 0.717) is 26.3 Å². The van der Waals surface area contributed by atoms with Crippen LogP contribution in [0.4, 0.5) is 0 Å². The van der Waals surface area contributed by atoms with E-state index < -0.39 is 12.0 Å². The smallest absolute Gasteiger partial charge is 0.325 e. The van der Waals surface area contributed by atoms with Gasteiger partial charge < -0.3 is 9.84 Å². The largest absolute Gasteiger partial charge is 0.480 e. The van der Waals surface area contributed by atoms with Crippen LogP contribution in [-0.2, 0) is 14.9 Å². The Morgan fingerprint density at radius 3 is 2.20 bits per heavy atom. The van der Waals surface area contributed by atoms with Crippen molar-refractivity contribution in [2.24, 2.45) is 0 Å². The van der Waals surface area contributed by atoms with Crippen molar-refractivity contribution in [3.8, 4) is 0 Å². The van der Waals surface area contributed by atoms with Gasteiger partial charge in [-0.25, -0.2) is 0 Å². The Kier molecular flexibility index (Phi) is 4.45. The summed E-state index contributed by atoms with van der Waals surface area (Å²) in [5, 5.41) is 9.53. The number of benzene rings is 1. The van der Waals surface area contributed by atoms with Gasteiger partial charge in [0.1, 0.15) is 6.04 Å². The summed E-state index contributed by atoms with van der Waals surface area (Å²) in [4.78, 5) is 13.6. The summed E-state index contributed by atoms with van der Waals surface area (Å²) in [5.41, 5.74) is 2.13. The van der Waals surface area contributed by atoms with Crippen LogP contribution in [-0.4, -0.2) is 42.3 Å². The molecule has 1 fully saturated rings. The number of carboxylic acids is 1. The molecule has 4 heteroatoms. The van der Waals surface area contributed by atoms with Crippen LogP contribution in [0.1, 0.15) is 37.9 Å². The molecule has 0 amide bonds. The second-order valence-electron chi connectivity index (χ2n) is 6.26. The molecule has 1 unspecified atom stereocenters. The van der Waals surface area contributed by atoms with Gasteiger partial charge in [-0.15, -0.1) is 0 Å². The summed E-state index contributed by atoms with van der Waals surface area (Å²) in [7, 11) is 0. The van der Waals surface area contributed by atoms with E-state index in [0.717, 1.165) is 5.56 Å². The third-order valence-electron chi connectivity index (χ3n) is 3.74. The summed E-state index contributed by atoms with van der Waals surface area (Å²) >= 11 is 0. The summed E-state index contributed by atoms with van der Waals surface area (Å²) in [6, 6.07) is 7.37. The van der Waals surface area contributed by atoms with E-state index in [1.807, 2.05) is 29.2 Å². The van der Waals surface area contributed by atoms with Gasteiger partial charge in [0, 0.05) is 13.1 Å². The van der Waals surface area contributed by atoms with Gasteiger partial charge in [0.05, 0.1) is 13.2 Å². The lowest BCUT2D eigenvalue weighted by Gasteiger charge is -2.32. The van der Waals surface area contributed by atoms with Gasteiger partial charge in [0.15, 0.2) is 0 Å². The second kappa shape index (κ2) is 5.94. The van der Waals surface area contributed by atoms with Crippen molar-refractivity contribution in [1.82, 2.24) is 4.90 Å².